The topological polar surface area (TPSA) is 83.6 Å². The first-order valence-corrected chi connectivity index (χ1v) is 8.43. The van der Waals surface area contributed by atoms with Gasteiger partial charge in [0.25, 0.3) is 0 Å². The van der Waals surface area contributed by atoms with E-state index in [9.17, 15) is 4.79 Å². The molecule has 0 unspecified atom stereocenters. The van der Waals surface area contributed by atoms with Crippen molar-refractivity contribution in [2.45, 2.75) is 19.0 Å². The van der Waals surface area contributed by atoms with E-state index in [1.54, 1.807) is 12.4 Å². The van der Waals surface area contributed by atoms with E-state index in [0.717, 1.165) is 22.4 Å². The molecule has 0 fully saturated rings. The Bertz CT molecular complexity index is 827. The molecule has 0 radical (unpaired) electrons. The summed E-state index contributed by atoms with van der Waals surface area (Å²) in [5.74, 6) is 0.837. The van der Waals surface area contributed by atoms with Crippen molar-refractivity contribution in [2.24, 2.45) is 0 Å². The van der Waals surface area contributed by atoms with Crippen LogP contribution in [0.1, 0.15) is 11.1 Å². The van der Waals surface area contributed by atoms with E-state index in [4.69, 9.17) is 0 Å². The highest BCUT2D eigenvalue weighted by Crippen LogP contribution is 2.21. The molecule has 24 heavy (non-hydrogen) atoms. The van der Waals surface area contributed by atoms with Crippen molar-refractivity contribution in [2.75, 3.05) is 11.1 Å². The molecule has 6 nitrogen and oxygen atoms in total. The van der Waals surface area contributed by atoms with Gasteiger partial charge in [0, 0.05) is 23.6 Å². The van der Waals surface area contributed by atoms with Gasteiger partial charge in [0.15, 0.2) is 5.82 Å². The SMILES string of the molecule is Cc1cccc(C)c1NC(=O)CSc1n[nH]c(-c2ccncc2)n1. The second kappa shape index (κ2) is 7.27. The van der Waals surface area contributed by atoms with E-state index in [1.807, 2.05) is 44.2 Å². The number of amides is 1. The zero-order valence-corrected chi connectivity index (χ0v) is 14.2. The van der Waals surface area contributed by atoms with Crippen LogP contribution < -0.4 is 5.32 Å². The van der Waals surface area contributed by atoms with Crippen molar-refractivity contribution >= 4 is 23.4 Å². The molecule has 0 saturated carbocycles. The van der Waals surface area contributed by atoms with Crippen LogP contribution in [0.5, 0.6) is 0 Å². The summed E-state index contributed by atoms with van der Waals surface area (Å²) >= 11 is 1.29. The molecule has 0 atom stereocenters. The number of para-hydroxylation sites is 1. The van der Waals surface area contributed by atoms with Gasteiger partial charge in [0.2, 0.25) is 11.1 Å². The number of aromatic amines is 1. The first-order valence-electron chi connectivity index (χ1n) is 7.45. The van der Waals surface area contributed by atoms with Crippen LogP contribution in [0, 0.1) is 13.8 Å². The summed E-state index contributed by atoms with van der Waals surface area (Å²) in [6, 6.07) is 9.63. The summed E-state index contributed by atoms with van der Waals surface area (Å²) in [6.45, 7) is 3.96. The molecule has 3 rings (SSSR count). The number of anilines is 1. The fourth-order valence-electron chi connectivity index (χ4n) is 2.27. The Kier molecular flexibility index (Phi) is 4.90. The van der Waals surface area contributed by atoms with Crippen LogP contribution in [0.15, 0.2) is 47.9 Å². The molecule has 3 aromatic rings. The van der Waals surface area contributed by atoms with Crippen LogP contribution in [-0.2, 0) is 4.79 Å². The zero-order chi connectivity index (χ0) is 16.9. The minimum absolute atomic E-state index is 0.0762. The maximum Gasteiger partial charge on any atom is 0.234 e. The minimum Gasteiger partial charge on any atom is -0.325 e. The summed E-state index contributed by atoms with van der Waals surface area (Å²) in [4.78, 5) is 20.5. The van der Waals surface area contributed by atoms with Gasteiger partial charge in [0.05, 0.1) is 5.75 Å². The molecule has 2 aromatic heterocycles. The van der Waals surface area contributed by atoms with Crippen molar-refractivity contribution in [3.05, 3.63) is 53.9 Å². The van der Waals surface area contributed by atoms with Crippen LogP contribution in [0.25, 0.3) is 11.4 Å². The number of nitrogens with one attached hydrogen (secondary N) is 2. The van der Waals surface area contributed by atoms with Crippen molar-refractivity contribution in [3.8, 4) is 11.4 Å². The fourth-order valence-corrected chi connectivity index (χ4v) is 2.87. The van der Waals surface area contributed by atoms with Gasteiger partial charge in [-0.1, -0.05) is 30.0 Å². The quantitative estimate of drug-likeness (QED) is 0.697. The summed E-state index contributed by atoms with van der Waals surface area (Å²) in [5.41, 5.74) is 3.87. The Labute approximate surface area is 144 Å². The lowest BCUT2D eigenvalue weighted by Gasteiger charge is -2.10. The predicted molar refractivity (Wildman–Crippen MR) is 94.9 cm³/mol. The number of hydrogen-bond acceptors (Lipinski definition) is 5. The average Bonchev–Trinajstić information content (AvgIpc) is 3.06. The first-order chi connectivity index (χ1) is 11.6. The summed E-state index contributed by atoms with van der Waals surface area (Å²) in [6.07, 6.45) is 3.39. The van der Waals surface area contributed by atoms with Crippen molar-refractivity contribution in [1.29, 1.82) is 0 Å². The predicted octanol–water partition coefficient (Wildman–Crippen LogP) is 3.21. The number of carbonyl (C=O) groups is 1. The lowest BCUT2D eigenvalue weighted by atomic mass is 10.1. The van der Waals surface area contributed by atoms with Crippen LogP contribution in [0.2, 0.25) is 0 Å². The van der Waals surface area contributed by atoms with Gasteiger partial charge in [-0.2, -0.15) is 0 Å². The number of H-pyrrole nitrogens is 1. The highest BCUT2D eigenvalue weighted by atomic mass is 32.2. The molecule has 7 heteroatoms. The molecule has 0 aliphatic heterocycles. The highest BCUT2D eigenvalue weighted by Gasteiger charge is 2.11. The van der Waals surface area contributed by atoms with E-state index in [2.05, 4.69) is 25.5 Å². The van der Waals surface area contributed by atoms with E-state index < -0.39 is 0 Å². The monoisotopic (exact) mass is 339 g/mol. The minimum atomic E-state index is -0.0762. The molecule has 0 spiro atoms. The number of carbonyl (C=O) groups excluding carboxylic acids is 1. The standard InChI is InChI=1S/C17H17N5OS/c1-11-4-3-5-12(2)15(11)19-14(23)10-24-17-20-16(21-22-17)13-6-8-18-9-7-13/h3-9H,10H2,1-2H3,(H,19,23)(H,20,21,22). The maximum atomic E-state index is 12.2. The van der Waals surface area contributed by atoms with E-state index >= 15 is 0 Å². The Morgan fingerprint density at radius 1 is 1.17 bits per heavy atom. The number of hydrogen-bond donors (Lipinski definition) is 2. The number of aromatic nitrogens is 4. The molecule has 0 aliphatic carbocycles. The smallest absolute Gasteiger partial charge is 0.234 e. The third-order valence-corrected chi connectivity index (χ3v) is 4.34. The molecular weight excluding hydrogens is 322 g/mol. The number of rotatable bonds is 5. The average molecular weight is 339 g/mol. The molecular formula is C17H17N5OS. The Morgan fingerprint density at radius 3 is 2.58 bits per heavy atom. The van der Waals surface area contributed by atoms with Gasteiger partial charge >= 0.3 is 0 Å². The molecule has 1 amide bonds. The number of aryl methyl sites for hydroxylation is 2. The third kappa shape index (κ3) is 3.80. The summed E-state index contributed by atoms with van der Waals surface area (Å²) in [5, 5.41) is 10.5. The second-order valence-corrected chi connectivity index (χ2v) is 6.25. The van der Waals surface area contributed by atoms with Gasteiger partial charge < -0.3 is 5.32 Å². The summed E-state index contributed by atoms with van der Waals surface area (Å²) < 4.78 is 0. The van der Waals surface area contributed by atoms with Gasteiger partial charge in [-0.05, 0) is 37.1 Å². The number of pyridine rings is 1. The van der Waals surface area contributed by atoms with Crippen molar-refractivity contribution < 1.29 is 4.79 Å². The first kappa shape index (κ1) is 16.2. The lowest BCUT2D eigenvalue weighted by Crippen LogP contribution is -2.15. The highest BCUT2D eigenvalue weighted by molar-refractivity contribution is 7.99. The largest absolute Gasteiger partial charge is 0.325 e. The number of nitrogens with zero attached hydrogens (tertiary/aromatic N) is 3. The molecule has 0 saturated heterocycles. The van der Waals surface area contributed by atoms with Gasteiger partial charge in [0.1, 0.15) is 0 Å². The molecule has 2 N–H and O–H groups in total. The molecule has 0 bridgehead atoms. The molecule has 1 aromatic carbocycles. The number of thioether (sulfide) groups is 1. The van der Waals surface area contributed by atoms with Crippen LogP contribution in [-0.4, -0.2) is 31.8 Å². The van der Waals surface area contributed by atoms with Gasteiger partial charge in [-0.3, -0.25) is 14.9 Å². The molecule has 0 aliphatic rings. The summed E-state index contributed by atoms with van der Waals surface area (Å²) in [7, 11) is 0. The number of benzene rings is 1. The van der Waals surface area contributed by atoms with Crippen LogP contribution >= 0.6 is 11.8 Å². The fraction of sp³-hybridized carbons (Fsp3) is 0.176. The second-order valence-electron chi connectivity index (χ2n) is 5.31. The lowest BCUT2D eigenvalue weighted by molar-refractivity contribution is -0.113. The van der Waals surface area contributed by atoms with E-state index in [-0.39, 0.29) is 11.7 Å². The molecule has 2 heterocycles. The van der Waals surface area contributed by atoms with Gasteiger partial charge in [-0.15, -0.1) is 5.10 Å². The zero-order valence-electron chi connectivity index (χ0n) is 13.4. The molecule has 122 valence electrons. The normalized spacial score (nSPS) is 10.6. The van der Waals surface area contributed by atoms with Gasteiger partial charge in [-0.25, -0.2) is 4.98 Å². The van der Waals surface area contributed by atoms with Crippen LogP contribution in [0.3, 0.4) is 0 Å². The Balaban J connectivity index is 1.60. The van der Waals surface area contributed by atoms with Crippen molar-refractivity contribution in [3.63, 3.8) is 0 Å². The third-order valence-electron chi connectivity index (χ3n) is 3.50. The van der Waals surface area contributed by atoms with E-state index in [1.165, 1.54) is 11.8 Å². The van der Waals surface area contributed by atoms with Crippen LogP contribution in [0.4, 0.5) is 5.69 Å². The van der Waals surface area contributed by atoms with E-state index in [0.29, 0.717) is 11.0 Å². The Hall–Kier alpha value is -2.67. The van der Waals surface area contributed by atoms with Crippen molar-refractivity contribution in [1.82, 2.24) is 20.2 Å². The maximum absolute atomic E-state index is 12.2. The Morgan fingerprint density at radius 2 is 1.88 bits per heavy atom.